The Bertz CT molecular complexity index is 1380. The first-order valence-corrected chi connectivity index (χ1v) is 14.1. The fraction of sp³-hybridized carbons (Fsp3) is 0.467. The number of nitrogens with zero attached hydrogens (tertiary/aromatic N) is 6. The molecule has 8 nitrogen and oxygen atoms in total. The molecule has 4 aliphatic rings. The summed E-state index contributed by atoms with van der Waals surface area (Å²) in [5, 5.41) is 18.1. The number of anilines is 1. The van der Waals surface area contributed by atoms with E-state index in [1.54, 1.807) is 12.4 Å². The first-order valence-electron chi connectivity index (χ1n) is 13.7. The molecule has 4 atom stereocenters. The molecule has 4 unspecified atom stereocenters. The van der Waals surface area contributed by atoms with Gasteiger partial charge in [-0.3, -0.25) is 9.69 Å². The van der Waals surface area contributed by atoms with Crippen LogP contribution in [-0.2, 0) is 16.0 Å². The Labute approximate surface area is 234 Å². The zero-order valence-corrected chi connectivity index (χ0v) is 23.1. The van der Waals surface area contributed by atoms with Crippen molar-refractivity contribution in [1.82, 2.24) is 9.80 Å². The number of benzene rings is 2. The van der Waals surface area contributed by atoms with Crippen LogP contribution in [0, 0.1) is 18.3 Å². The second kappa shape index (κ2) is 10.7. The summed E-state index contributed by atoms with van der Waals surface area (Å²) in [7, 11) is 0. The molecular weight excluding hydrogens is 512 g/mol. The lowest BCUT2D eigenvalue weighted by atomic mass is 9.95. The fourth-order valence-corrected chi connectivity index (χ4v) is 6.72. The zero-order chi connectivity index (χ0) is 27.1. The third-order valence-electron chi connectivity index (χ3n) is 8.77. The lowest BCUT2D eigenvalue weighted by Gasteiger charge is -2.46. The first kappa shape index (κ1) is 26.0. The summed E-state index contributed by atoms with van der Waals surface area (Å²) in [6.07, 6.45) is 6.15. The van der Waals surface area contributed by atoms with Gasteiger partial charge in [-0.2, -0.15) is 10.4 Å². The molecule has 0 spiro atoms. The van der Waals surface area contributed by atoms with Crippen LogP contribution in [0.3, 0.4) is 0 Å². The standard InChI is InChI=1S/C30H33ClN6O2/c1-19-9-10-33-34-18-37(19)22-4-6-25-21(13-22)3-5-26(25)30(38)36-12-11-35-16-29(39-17-23(35)15-36)24-7-8-28(31)27(14-32)20(24)2/h4,6-8,10,13,18-19,23,26,29H,3,5,9,11-12,15-17H2,1-2H3. The van der Waals surface area contributed by atoms with Crippen LogP contribution in [-0.4, -0.2) is 73.1 Å². The molecule has 2 fully saturated rings. The third kappa shape index (κ3) is 4.84. The summed E-state index contributed by atoms with van der Waals surface area (Å²) in [5.74, 6) is 0.145. The molecule has 1 aliphatic carbocycles. The van der Waals surface area contributed by atoms with Crippen molar-refractivity contribution in [1.29, 1.82) is 5.26 Å². The van der Waals surface area contributed by atoms with E-state index in [4.69, 9.17) is 16.3 Å². The number of hydrogen-bond donors (Lipinski definition) is 0. The Morgan fingerprint density at radius 1 is 1.15 bits per heavy atom. The monoisotopic (exact) mass is 544 g/mol. The van der Waals surface area contributed by atoms with E-state index in [-0.39, 0.29) is 30.0 Å². The lowest BCUT2D eigenvalue weighted by molar-refractivity contribution is -0.141. The maximum Gasteiger partial charge on any atom is 0.230 e. The molecule has 3 aliphatic heterocycles. The summed E-state index contributed by atoms with van der Waals surface area (Å²) in [5.41, 5.74) is 5.94. The van der Waals surface area contributed by atoms with Gasteiger partial charge in [-0.25, -0.2) is 0 Å². The molecular formula is C30H33ClN6O2. The lowest BCUT2D eigenvalue weighted by Crippen LogP contribution is -2.60. The smallest absolute Gasteiger partial charge is 0.230 e. The molecule has 2 aromatic carbocycles. The SMILES string of the molecule is Cc1c(C2CN3CCN(C(=O)C4CCc5cc(N6C=NN=CCC6C)ccc54)CC3CO2)ccc(Cl)c1C#N. The van der Waals surface area contributed by atoms with E-state index in [9.17, 15) is 10.1 Å². The van der Waals surface area contributed by atoms with Gasteiger partial charge in [0.15, 0.2) is 0 Å². The molecule has 9 heteroatoms. The maximum atomic E-state index is 13.7. The van der Waals surface area contributed by atoms with Crippen LogP contribution < -0.4 is 4.90 Å². The van der Waals surface area contributed by atoms with Crippen molar-refractivity contribution in [2.24, 2.45) is 10.2 Å². The highest BCUT2D eigenvalue weighted by atomic mass is 35.5. The number of nitriles is 1. The number of hydrogen-bond acceptors (Lipinski definition) is 7. The van der Waals surface area contributed by atoms with E-state index < -0.39 is 0 Å². The van der Waals surface area contributed by atoms with E-state index >= 15 is 0 Å². The molecule has 202 valence electrons. The van der Waals surface area contributed by atoms with Gasteiger partial charge in [-0.05, 0) is 67.1 Å². The number of morpholine rings is 1. The van der Waals surface area contributed by atoms with E-state index in [1.807, 2.05) is 24.1 Å². The minimum absolute atomic E-state index is 0.0856. The predicted molar refractivity (Wildman–Crippen MR) is 153 cm³/mol. The maximum absolute atomic E-state index is 13.7. The van der Waals surface area contributed by atoms with Crippen molar-refractivity contribution in [3.05, 3.63) is 63.2 Å². The van der Waals surface area contributed by atoms with Crippen LogP contribution >= 0.6 is 11.6 Å². The van der Waals surface area contributed by atoms with Gasteiger partial charge in [-0.15, -0.1) is 5.10 Å². The van der Waals surface area contributed by atoms with E-state index in [0.717, 1.165) is 61.3 Å². The predicted octanol–water partition coefficient (Wildman–Crippen LogP) is 4.45. The molecule has 0 bridgehead atoms. The molecule has 2 saturated heterocycles. The summed E-state index contributed by atoms with van der Waals surface area (Å²) in [4.78, 5) is 20.4. The molecule has 0 saturated carbocycles. The molecule has 0 N–H and O–H groups in total. The Morgan fingerprint density at radius 3 is 2.85 bits per heavy atom. The molecule has 3 heterocycles. The number of piperazine rings is 1. The van der Waals surface area contributed by atoms with Crippen LogP contribution in [0.4, 0.5) is 5.69 Å². The van der Waals surface area contributed by atoms with E-state index in [0.29, 0.717) is 23.7 Å². The average Bonchev–Trinajstić information content (AvgIpc) is 3.25. The number of fused-ring (bicyclic) bond motifs is 2. The number of aryl methyl sites for hydroxylation is 1. The van der Waals surface area contributed by atoms with Crippen LogP contribution in [0.25, 0.3) is 0 Å². The van der Waals surface area contributed by atoms with Crippen LogP contribution in [0.15, 0.2) is 40.5 Å². The van der Waals surface area contributed by atoms with Gasteiger partial charge in [-0.1, -0.05) is 23.7 Å². The van der Waals surface area contributed by atoms with Crippen LogP contribution in [0.1, 0.15) is 59.6 Å². The summed E-state index contributed by atoms with van der Waals surface area (Å²) in [6, 6.07) is 12.9. The van der Waals surface area contributed by atoms with E-state index in [1.165, 1.54) is 5.56 Å². The van der Waals surface area contributed by atoms with Crippen molar-refractivity contribution < 1.29 is 9.53 Å². The normalized spacial score (nSPS) is 26.6. The summed E-state index contributed by atoms with van der Waals surface area (Å²) >= 11 is 6.21. The highest BCUT2D eigenvalue weighted by Gasteiger charge is 2.39. The number of carbonyl (C=O) groups is 1. The largest absolute Gasteiger partial charge is 0.370 e. The number of halogens is 1. The molecule has 1 amide bonds. The van der Waals surface area contributed by atoms with Crippen LogP contribution in [0.5, 0.6) is 0 Å². The number of carbonyl (C=O) groups excluding carboxylic acids is 1. The van der Waals surface area contributed by atoms with Gasteiger partial charge in [0, 0.05) is 50.5 Å². The van der Waals surface area contributed by atoms with Crippen molar-refractivity contribution >= 4 is 35.7 Å². The minimum atomic E-state index is -0.104. The molecule has 2 aromatic rings. The second-order valence-corrected chi connectivity index (χ2v) is 11.4. The van der Waals surface area contributed by atoms with Gasteiger partial charge in [0.05, 0.1) is 35.3 Å². The van der Waals surface area contributed by atoms with Crippen molar-refractivity contribution in [2.45, 2.75) is 57.2 Å². The Kier molecular flexibility index (Phi) is 7.15. The highest BCUT2D eigenvalue weighted by Crippen LogP contribution is 2.38. The summed E-state index contributed by atoms with van der Waals surface area (Å²) in [6.45, 7) is 7.63. The van der Waals surface area contributed by atoms with Crippen molar-refractivity contribution in [3.8, 4) is 6.07 Å². The Morgan fingerprint density at radius 2 is 2.00 bits per heavy atom. The van der Waals surface area contributed by atoms with Crippen LogP contribution in [0.2, 0.25) is 5.02 Å². The second-order valence-electron chi connectivity index (χ2n) is 11.0. The van der Waals surface area contributed by atoms with Gasteiger partial charge in [0.25, 0.3) is 0 Å². The number of ether oxygens (including phenoxy) is 1. The topological polar surface area (TPSA) is 84.5 Å². The Balaban J connectivity index is 1.11. The van der Waals surface area contributed by atoms with Gasteiger partial charge >= 0.3 is 0 Å². The molecule has 39 heavy (non-hydrogen) atoms. The highest BCUT2D eigenvalue weighted by molar-refractivity contribution is 6.31. The summed E-state index contributed by atoms with van der Waals surface area (Å²) < 4.78 is 6.30. The average molecular weight is 545 g/mol. The third-order valence-corrected chi connectivity index (χ3v) is 9.08. The number of amides is 1. The quantitative estimate of drug-likeness (QED) is 0.570. The minimum Gasteiger partial charge on any atom is -0.370 e. The van der Waals surface area contributed by atoms with Gasteiger partial charge < -0.3 is 14.5 Å². The van der Waals surface area contributed by atoms with Crippen molar-refractivity contribution in [3.63, 3.8) is 0 Å². The molecule has 0 radical (unpaired) electrons. The molecule has 0 aromatic heterocycles. The van der Waals surface area contributed by atoms with Gasteiger partial charge in [0.1, 0.15) is 12.4 Å². The van der Waals surface area contributed by atoms with E-state index in [2.05, 4.69) is 51.2 Å². The molecule has 6 rings (SSSR count). The van der Waals surface area contributed by atoms with Crippen molar-refractivity contribution in [2.75, 3.05) is 37.7 Å². The zero-order valence-electron chi connectivity index (χ0n) is 22.4. The number of rotatable bonds is 3. The Hall–Kier alpha value is -3.25. The van der Waals surface area contributed by atoms with Gasteiger partial charge in [0.2, 0.25) is 5.91 Å². The first-order chi connectivity index (χ1) is 18.9. The fourth-order valence-electron chi connectivity index (χ4n) is 6.48.